The van der Waals surface area contributed by atoms with Gasteiger partial charge in [0, 0.05) is 23.0 Å². The van der Waals surface area contributed by atoms with Crippen LogP contribution in [0.2, 0.25) is 0 Å². The number of aryl methyl sites for hydroxylation is 1. The first-order valence-electron chi connectivity index (χ1n) is 9.36. The van der Waals surface area contributed by atoms with Crippen LogP contribution in [0.3, 0.4) is 0 Å². The molecule has 0 spiro atoms. The Kier molecular flexibility index (Phi) is 4.80. The van der Waals surface area contributed by atoms with E-state index in [1.165, 1.54) is 5.56 Å². The van der Waals surface area contributed by atoms with Crippen LogP contribution in [0.5, 0.6) is 5.75 Å². The minimum Gasteiger partial charge on any atom is -0.496 e. The summed E-state index contributed by atoms with van der Waals surface area (Å²) in [5.74, 6) is 1.52. The number of allylic oxidation sites excluding steroid dienone is 1. The topological polar surface area (TPSA) is 81.8 Å². The van der Waals surface area contributed by atoms with E-state index >= 15 is 0 Å². The van der Waals surface area contributed by atoms with E-state index < -0.39 is 6.17 Å². The summed E-state index contributed by atoms with van der Waals surface area (Å²) in [5, 5.41) is 13.9. The second kappa shape index (κ2) is 7.43. The molecule has 2 aromatic carbocycles. The quantitative estimate of drug-likeness (QED) is 0.819. The standard InChI is InChI=1S/C22H23N5O2/c1-13-8-7-10-17(15(13)3)24-21-25-20(16-9-5-6-11-18(16)29-4)27-19(28)12-14(2)23-22(27)26-21/h5-12,20,28H,1-4H3,(H,24,25). The molecule has 29 heavy (non-hydrogen) atoms. The second-order valence-corrected chi connectivity index (χ2v) is 6.98. The summed E-state index contributed by atoms with van der Waals surface area (Å²) >= 11 is 0. The van der Waals surface area contributed by atoms with Crippen LogP contribution in [-0.2, 0) is 0 Å². The number of anilines is 1. The molecule has 7 heteroatoms. The number of para-hydroxylation sites is 1. The zero-order valence-electron chi connectivity index (χ0n) is 16.8. The molecule has 148 valence electrons. The Bertz CT molecular complexity index is 1080. The van der Waals surface area contributed by atoms with Crippen LogP contribution in [0.25, 0.3) is 0 Å². The van der Waals surface area contributed by atoms with Crippen molar-refractivity contribution in [2.75, 3.05) is 12.4 Å². The van der Waals surface area contributed by atoms with Crippen molar-refractivity contribution < 1.29 is 9.84 Å². The SMILES string of the molecule is COc1ccccc1C1N=C(Nc2cccc(C)c2C)N=C2N=C(C)C=C(O)N21. The van der Waals surface area contributed by atoms with Crippen molar-refractivity contribution >= 4 is 23.3 Å². The molecule has 0 aliphatic carbocycles. The van der Waals surface area contributed by atoms with Gasteiger partial charge in [0.15, 0.2) is 12.0 Å². The van der Waals surface area contributed by atoms with Crippen LogP contribution in [-0.4, -0.2) is 34.7 Å². The number of guanidine groups is 2. The number of hydrogen-bond donors (Lipinski definition) is 2. The molecule has 2 aliphatic rings. The molecule has 1 atom stereocenters. The van der Waals surface area contributed by atoms with Gasteiger partial charge in [0.1, 0.15) is 5.75 Å². The van der Waals surface area contributed by atoms with E-state index in [1.54, 1.807) is 18.1 Å². The fourth-order valence-electron chi connectivity index (χ4n) is 3.37. The predicted octanol–water partition coefficient (Wildman–Crippen LogP) is 4.32. The van der Waals surface area contributed by atoms with E-state index in [1.807, 2.05) is 43.3 Å². The molecule has 4 rings (SSSR count). The summed E-state index contributed by atoms with van der Waals surface area (Å²) in [7, 11) is 1.61. The molecule has 1 unspecified atom stereocenters. The Morgan fingerprint density at radius 3 is 2.62 bits per heavy atom. The summed E-state index contributed by atoms with van der Waals surface area (Å²) in [6.45, 7) is 5.93. The van der Waals surface area contributed by atoms with Crippen LogP contribution >= 0.6 is 0 Å². The third kappa shape index (κ3) is 3.47. The van der Waals surface area contributed by atoms with Gasteiger partial charge < -0.3 is 15.2 Å². The summed E-state index contributed by atoms with van der Waals surface area (Å²) in [5.41, 5.74) is 4.70. The average Bonchev–Trinajstić information content (AvgIpc) is 2.70. The van der Waals surface area contributed by atoms with Crippen molar-refractivity contribution in [1.29, 1.82) is 0 Å². The van der Waals surface area contributed by atoms with E-state index in [2.05, 4.69) is 35.2 Å². The zero-order chi connectivity index (χ0) is 20.5. The fraction of sp³-hybridized carbons (Fsp3) is 0.227. The maximum Gasteiger partial charge on any atom is 0.237 e. The van der Waals surface area contributed by atoms with E-state index in [4.69, 9.17) is 9.73 Å². The third-order valence-corrected chi connectivity index (χ3v) is 5.04. The van der Waals surface area contributed by atoms with Gasteiger partial charge in [0.25, 0.3) is 0 Å². The minimum atomic E-state index is -0.570. The molecular formula is C22H23N5O2. The van der Waals surface area contributed by atoms with Crippen LogP contribution in [0, 0.1) is 13.8 Å². The molecule has 0 bridgehead atoms. The molecule has 2 N–H and O–H groups in total. The van der Waals surface area contributed by atoms with Crippen LogP contribution in [0.4, 0.5) is 5.69 Å². The smallest absolute Gasteiger partial charge is 0.237 e. The number of aliphatic hydroxyl groups is 1. The highest BCUT2D eigenvalue weighted by Crippen LogP contribution is 2.36. The first-order chi connectivity index (χ1) is 14.0. The van der Waals surface area contributed by atoms with Gasteiger partial charge in [-0.1, -0.05) is 30.3 Å². The number of aliphatic hydroxyl groups excluding tert-OH is 1. The maximum absolute atomic E-state index is 10.6. The highest BCUT2D eigenvalue weighted by Gasteiger charge is 2.34. The number of aliphatic imine (C=N–C) groups is 3. The molecule has 2 aromatic rings. The summed E-state index contributed by atoms with van der Waals surface area (Å²) in [6, 6.07) is 13.6. The van der Waals surface area contributed by atoms with Gasteiger partial charge >= 0.3 is 0 Å². The first kappa shape index (κ1) is 18.7. The Labute approximate surface area is 169 Å². The molecule has 2 heterocycles. The number of rotatable bonds is 3. The predicted molar refractivity (Wildman–Crippen MR) is 116 cm³/mol. The Morgan fingerprint density at radius 2 is 1.83 bits per heavy atom. The van der Waals surface area contributed by atoms with Crippen molar-refractivity contribution in [3.63, 3.8) is 0 Å². The van der Waals surface area contributed by atoms with Crippen molar-refractivity contribution in [2.24, 2.45) is 15.0 Å². The highest BCUT2D eigenvalue weighted by molar-refractivity contribution is 6.11. The van der Waals surface area contributed by atoms with Gasteiger partial charge in [-0.25, -0.2) is 9.98 Å². The summed E-state index contributed by atoms with van der Waals surface area (Å²) in [6.07, 6.45) is 1.03. The number of ether oxygens (including phenoxy) is 1. The van der Waals surface area contributed by atoms with Gasteiger partial charge in [-0.2, -0.15) is 4.99 Å². The largest absolute Gasteiger partial charge is 0.496 e. The molecule has 2 aliphatic heterocycles. The van der Waals surface area contributed by atoms with Gasteiger partial charge in [-0.3, -0.25) is 4.90 Å². The van der Waals surface area contributed by atoms with Crippen molar-refractivity contribution in [2.45, 2.75) is 26.9 Å². The summed E-state index contributed by atoms with van der Waals surface area (Å²) in [4.78, 5) is 15.4. The molecule has 0 fully saturated rings. The van der Waals surface area contributed by atoms with E-state index in [9.17, 15) is 5.11 Å². The Hall–Kier alpha value is -3.61. The van der Waals surface area contributed by atoms with Gasteiger partial charge in [-0.15, -0.1) is 0 Å². The molecule has 0 saturated carbocycles. The molecule has 7 nitrogen and oxygen atoms in total. The monoisotopic (exact) mass is 389 g/mol. The van der Waals surface area contributed by atoms with Gasteiger partial charge in [-0.05, 0) is 44.0 Å². The fourth-order valence-corrected chi connectivity index (χ4v) is 3.37. The zero-order valence-corrected chi connectivity index (χ0v) is 16.8. The lowest BCUT2D eigenvalue weighted by molar-refractivity contribution is 0.225. The van der Waals surface area contributed by atoms with E-state index in [-0.39, 0.29) is 5.88 Å². The van der Waals surface area contributed by atoms with Crippen LogP contribution < -0.4 is 10.1 Å². The lowest BCUT2D eigenvalue weighted by Gasteiger charge is -2.34. The normalized spacial score (nSPS) is 18.2. The molecule has 0 saturated heterocycles. The number of nitrogens with one attached hydrogen (secondary N) is 1. The van der Waals surface area contributed by atoms with Gasteiger partial charge in [0.2, 0.25) is 11.9 Å². The van der Waals surface area contributed by atoms with Gasteiger partial charge in [0.05, 0.1) is 7.11 Å². The number of nitrogens with zero attached hydrogens (tertiary/aromatic N) is 4. The van der Waals surface area contributed by atoms with Crippen molar-refractivity contribution in [3.05, 3.63) is 71.1 Å². The third-order valence-electron chi connectivity index (χ3n) is 5.04. The number of fused-ring (bicyclic) bond motifs is 1. The number of methoxy groups -OCH3 is 1. The molecule has 0 aromatic heterocycles. The van der Waals surface area contributed by atoms with Crippen LogP contribution in [0.15, 0.2) is 69.4 Å². The minimum absolute atomic E-state index is 0.0432. The lowest BCUT2D eigenvalue weighted by atomic mass is 10.1. The lowest BCUT2D eigenvalue weighted by Crippen LogP contribution is -2.40. The molecule has 0 amide bonds. The molecular weight excluding hydrogens is 366 g/mol. The Balaban J connectivity index is 1.81. The Morgan fingerprint density at radius 1 is 1.03 bits per heavy atom. The van der Waals surface area contributed by atoms with E-state index in [0.29, 0.717) is 23.4 Å². The second-order valence-electron chi connectivity index (χ2n) is 6.98. The first-order valence-corrected chi connectivity index (χ1v) is 9.36. The molecule has 0 radical (unpaired) electrons. The van der Waals surface area contributed by atoms with Crippen molar-refractivity contribution in [3.8, 4) is 5.75 Å². The highest BCUT2D eigenvalue weighted by atomic mass is 16.5. The summed E-state index contributed by atoms with van der Waals surface area (Å²) < 4.78 is 5.53. The van der Waals surface area contributed by atoms with E-state index in [0.717, 1.165) is 16.8 Å². The van der Waals surface area contributed by atoms with Crippen molar-refractivity contribution in [1.82, 2.24) is 4.90 Å². The number of hydrogen-bond acceptors (Lipinski definition) is 7. The average molecular weight is 389 g/mol. The van der Waals surface area contributed by atoms with Crippen LogP contribution in [0.1, 0.15) is 29.8 Å². The number of benzene rings is 2. The maximum atomic E-state index is 10.6.